The fraction of sp³-hybridized carbons (Fsp3) is 0.571. The number of aryl methyl sites for hydroxylation is 1. The van der Waals surface area contributed by atoms with Gasteiger partial charge in [-0.15, -0.1) is 0 Å². The lowest BCUT2D eigenvalue weighted by Gasteiger charge is -2.27. The Balaban J connectivity index is 1.98. The monoisotopic (exact) mass is 203 g/mol. The lowest BCUT2D eigenvalue weighted by atomic mass is 9.91. The summed E-state index contributed by atoms with van der Waals surface area (Å²) in [4.78, 5) is 0. The van der Waals surface area contributed by atoms with E-state index >= 15 is 0 Å². The molecule has 1 nitrogen and oxygen atoms in total. The quantitative estimate of drug-likeness (QED) is 0.793. The molecule has 0 aromatic heterocycles. The molecule has 1 aliphatic rings. The van der Waals surface area contributed by atoms with E-state index in [1.165, 1.54) is 24.0 Å². The third-order valence-electron chi connectivity index (χ3n) is 3.21. The summed E-state index contributed by atoms with van der Waals surface area (Å²) >= 11 is 0. The zero-order valence-electron chi connectivity index (χ0n) is 9.79. The summed E-state index contributed by atoms with van der Waals surface area (Å²) < 4.78 is 0. The molecule has 0 amide bonds. The second-order valence-corrected chi connectivity index (χ2v) is 5.03. The van der Waals surface area contributed by atoms with Gasteiger partial charge in [0.05, 0.1) is 0 Å². The van der Waals surface area contributed by atoms with E-state index in [9.17, 15) is 0 Å². The number of nitrogens with one attached hydrogen (secondary N) is 1. The van der Waals surface area contributed by atoms with Crippen LogP contribution in [-0.2, 0) is 6.42 Å². The van der Waals surface area contributed by atoms with Crippen molar-refractivity contribution in [2.75, 3.05) is 13.1 Å². The first kappa shape index (κ1) is 10.7. The normalized spacial score (nSPS) is 16.7. The van der Waals surface area contributed by atoms with Crippen LogP contribution in [0.4, 0.5) is 0 Å². The molecule has 0 atom stereocenters. The molecule has 0 aliphatic carbocycles. The van der Waals surface area contributed by atoms with Crippen LogP contribution < -0.4 is 5.32 Å². The van der Waals surface area contributed by atoms with Gasteiger partial charge in [-0.25, -0.2) is 0 Å². The Hall–Kier alpha value is -0.820. The Morgan fingerprint density at radius 2 is 2.13 bits per heavy atom. The van der Waals surface area contributed by atoms with Gasteiger partial charge in [-0.1, -0.05) is 38.1 Å². The van der Waals surface area contributed by atoms with Crippen LogP contribution in [0, 0.1) is 5.92 Å². The molecule has 0 spiro atoms. The van der Waals surface area contributed by atoms with E-state index < -0.39 is 0 Å². The zero-order chi connectivity index (χ0) is 10.7. The molecule has 1 heterocycles. The van der Waals surface area contributed by atoms with Crippen molar-refractivity contribution in [2.24, 2.45) is 5.92 Å². The maximum absolute atomic E-state index is 3.33. The van der Waals surface area contributed by atoms with Crippen molar-refractivity contribution in [3.8, 4) is 0 Å². The Morgan fingerprint density at radius 1 is 1.33 bits per heavy atom. The third-order valence-corrected chi connectivity index (χ3v) is 3.21. The van der Waals surface area contributed by atoms with Gasteiger partial charge in [-0.3, -0.25) is 0 Å². The van der Waals surface area contributed by atoms with Crippen molar-refractivity contribution in [2.45, 2.75) is 32.6 Å². The smallest absolute Gasteiger partial charge is 0.00886 e. The molecule has 0 bridgehead atoms. The molecule has 1 saturated heterocycles. The minimum absolute atomic E-state index is 0.768. The van der Waals surface area contributed by atoms with E-state index in [2.05, 4.69) is 43.4 Å². The van der Waals surface area contributed by atoms with Gasteiger partial charge in [0, 0.05) is 19.0 Å². The molecule has 0 saturated carbocycles. The first-order chi connectivity index (χ1) is 7.25. The molecule has 0 unspecified atom stereocenters. The number of hydrogen-bond acceptors (Lipinski definition) is 1. The van der Waals surface area contributed by atoms with Crippen molar-refractivity contribution >= 4 is 0 Å². The molecule has 1 fully saturated rings. The summed E-state index contributed by atoms with van der Waals surface area (Å²) in [6, 6.07) is 9.14. The molecule has 2 rings (SSSR count). The van der Waals surface area contributed by atoms with Gasteiger partial charge in [0.1, 0.15) is 0 Å². The topological polar surface area (TPSA) is 12.0 Å². The van der Waals surface area contributed by atoms with E-state index in [4.69, 9.17) is 0 Å². The maximum Gasteiger partial charge on any atom is 0.00886 e. The fourth-order valence-corrected chi connectivity index (χ4v) is 1.98. The second-order valence-electron chi connectivity index (χ2n) is 5.03. The molecule has 1 aromatic carbocycles. The van der Waals surface area contributed by atoms with E-state index in [1.807, 2.05) is 0 Å². The summed E-state index contributed by atoms with van der Waals surface area (Å²) in [5.74, 6) is 1.57. The molecule has 15 heavy (non-hydrogen) atoms. The van der Waals surface area contributed by atoms with Gasteiger partial charge in [-0.05, 0) is 29.9 Å². The Morgan fingerprint density at radius 3 is 2.73 bits per heavy atom. The van der Waals surface area contributed by atoms with Crippen molar-refractivity contribution in [1.82, 2.24) is 5.32 Å². The standard InChI is InChI=1S/C14H21N/c1-11(2)6-7-12-4-3-5-13(8-12)14-9-15-10-14/h3-5,8,11,14-15H,6-7,9-10H2,1-2H3. The number of benzene rings is 1. The first-order valence-corrected chi connectivity index (χ1v) is 6.05. The highest BCUT2D eigenvalue weighted by molar-refractivity contribution is 5.28. The second kappa shape index (κ2) is 4.80. The SMILES string of the molecule is CC(C)CCc1cccc(C2CNC2)c1. The molecule has 1 aromatic rings. The third kappa shape index (κ3) is 2.82. The predicted molar refractivity (Wildman–Crippen MR) is 65.2 cm³/mol. The van der Waals surface area contributed by atoms with Crippen LogP contribution in [-0.4, -0.2) is 13.1 Å². The Kier molecular flexibility index (Phi) is 3.42. The summed E-state index contributed by atoms with van der Waals surface area (Å²) in [7, 11) is 0. The number of hydrogen-bond donors (Lipinski definition) is 1. The lowest BCUT2D eigenvalue weighted by Crippen LogP contribution is -2.39. The number of rotatable bonds is 4. The van der Waals surface area contributed by atoms with Crippen LogP contribution >= 0.6 is 0 Å². The van der Waals surface area contributed by atoms with E-state index in [1.54, 1.807) is 0 Å². The minimum Gasteiger partial charge on any atom is -0.315 e. The van der Waals surface area contributed by atoms with E-state index in [0.29, 0.717) is 0 Å². The summed E-state index contributed by atoms with van der Waals surface area (Å²) in [6.07, 6.45) is 2.53. The molecular weight excluding hydrogens is 182 g/mol. The van der Waals surface area contributed by atoms with Crippen molar-refractivity contribution in [3.63, 3.8) is 0 Å². The van der Waals surface area contributed by atoms with Gasteiger partial charge in [0.25, 0.3) is 0 Å². The van der Waals surface area contributed by atoms with Crippen LogP contribution in [0.15, 0.2) is 24.3 Å². The first-order valence-electron chi connectivity index (χ1n) is 6.05. The maximum atomic E-state index is 3.33. The summed E-state index contributed by atoms with van der Waals surface area (Å²) in [6.45, 7) is 6.90. The van der Waals surface area contributed by atoms with Gasteiger partial charge in [0.15, 0.2) is 0 Å². The van der Waals surface area contributed by atoms with Crippen molar-refractivity contribution in [1.29, 1.82) is 0 Å². The van der Waals surface area contributed by atoms with Crippen molar-refractivity contribution in [3.05, 3.63) is 35.4 Å². The Labute approximate surface area is 92.9 Å². The van der Waals surface area contributed by atoms with Crippen LogP contribution in [0.5, 0.6) is 0 Å². The van der Waals surface area contributed by atoms with Gasteiger partial charge < -0.3 is 5.32 Å². The highest BCUT2D eigenvalue weighted by Gasteiger charge is 2.18. The largest absolute Gasteiger partial charge is 0.315 e. The van der Waals surface area contributed by atoms with E-state index in [0.717, 1.165) is 24.9 Å². The van der Waals surface area contributed by atoms with Gasteiger partial charge in [-0.2, -0.15) is 0 Å². The molecule has 0 radical (unpaired) electrons. The van der Waals surface area contributed by atoms with Gasteiger partial charge in [0.2, 0.25) is 0 Å². The Bertz CT molecular complexity index is 313. The van der Waals surface area contributed by atoms with E-state index in [-0.39, 0.29) is 0 Å². The van der Waals surface area contributed by atoms with Crippen LogP contribution in [0.25, 0.3) is 0 Å². The predicted octanol–water partition coefficient (Wildman–Crippen LogP) is 2.96. The van der Waals surface area contributed by atoms with Crippen LogP contribution in [0.1, 0.15) is 37.3 Å². The molecule has 1 heteroatoms. The molecular formula is C14H21N. The fourth-order valence-electron chi connectivity index (χ4n) is 1.98. The zero-order valence-corrected chi connectivity index (χ0v) is 9.79. The summed E-state index contributed by atoms with van der Waals surface area (Å²) in [5, 5.41) is 3.33. The average molecular weight is 203 g/mol. The lowest BCUT2D eigenvalue weighted by molar-refractivity contribution is 0.448. The molecule has 1 N–H and O–H groups in total. The minimum atomic E-state index is 0.768. The highest BCUT2D eigenvalue weighted by Crippen LogP contribution is 2.21. The average Bonchev–Trinajstić information content (AvgIpc) is 2.13. The van der Waals surface area contributed by atoms with Gasteiger partial charge >= 0.3 is 0 Å². The van der Waals surface area contributed by atoms with Crippen molar-refractivity contribution < 1.29 is 0 Å². The summed E-state index contributed by atoms with van der Waals surface area (Å²) in [5.41, 5.74) is 3.03. The van der Waals surface area contributed by atoms with Crippen LogP contribution in [0.2, 0.25) is 0 Å². The van der Waals surface area contributed by atoms with Crippen LogP contribution in [0.3, 0.4) is 0 Å². The molecule has 1 aliphatic heterocycles. The molecule has 82 valence electrons. The highest BCUT2D eigenvalue weighted by atomic mass is 14.9.